The Bertz CT molecular complexity index is 190. The van der Waals surface area contributed by atoms with Gasteiger partial charge in [-0.05, 0) is 19.3 Å². The fraction of sp³-hybridized carbons (Fsp3) is 0.950. The predicted octanol–water partition coefficient (Wildman–Crippen LogP) is 3.30. The van der Waals surface area contributed by atoms with Crippen molar-refractivity contribution in [3.63, 3.8) is 0 Å². The van der Waals surface area contributed by atoms with Crippen LogP contribution in [-0.4, -0.2) is 42.6 Å². The molecule has 0 aromatic carbocycles. The molecule has 0 bridgehead atoms. The average Bonchev–Trinajstić information content (AvgIpc) is 2.53. The van der Waals surface area contributed by atoms with E-state index >= 15 is 0 Å². The Morgan fingerprint density at radius 3 is 1.54 bits per heavy atom. The number of rotatable bonds is 18. The van der Waals surface area contributed by atoms with Crippen molar-refractivity contribution in [3.8, 4) is 0 Å². The van der Waals surface area contributed by atoms with Gasteiger partial charge in [-0.1, -0.05) is 78.1 Å². The van der Waals surface area contributed by atoms with Crippen LogP contribution in [0.25, 0.3) is 0 Å². The van der Waals surface area contributed by atoms with Crippen LogP contribution in [0.15, 0.2) is 0 Å². The molecule has 0 saturated carbocycles. The Kier molecular flexibility index (Phi) is 32.9. The topological polar surface area (TPSA) is 18.5 Å². The van der Waals surface area contributed by atoms with Gasteiger partial charge in [-0.15, -0.1) is 0 Å². The third kappa shape index (κ3) is 23.2. The normalized spacial score (nSPS) is 10.5. The zero-order chi connectivity index (χ0) is 16.3. The molecule has 0 aliphatic heterocycles. The molecule has 0 aliphatic rings. The molecular formula is C20H41BrMgO2. The minimum atomic E-state index is 0. The molecule has 0 rings (SSSR count). The van der Waals surface area contributed by atoms with E-state index < -0.39 is 0 Å². The summed E-state index contributed by atoms with van der Waals surface area (Å²) in [5, 5.41) is 0. The van der Waals surface area contributed by atoms with Gasteiger partial charge in [-0.2, -0.15) is 6.42 Å². The summed E-state index contributed by atoms with van der Waals surface area (Å²) < 4.78 is 11.9. The summed E-state index contributed by atoms with van der Waals surface area (Å²) in [4.78, 5) is 0. The first-order valence-electron chi connectivity index (χ1n) is 9.87. The monoisotopic (exact) mass is 416 g/mol. The molecule has 4 heteroatoms. The summed E-state index contributed by atoms with van der Waals surface area (Å²) in [7, 11) is 0. The molecule has 0 aliphatic carbocycles. The van der Waals surface area contributed by atoms with Crippen molar-refractivity contribution in [1.29, 1.82) is 0 Å². The Hall–Kier alpha value is 1.17. The standard InChI is InChI=1S/C20H41O2.BrH.Mg/c1-4-7-10-12-15-18-21-20(17-14-9-6-3)22-19-16-13-11-8-5-2;;/h20H,3-19H2,1-2H3;1H;/q-1;;+2/p-1. The largest absolute Gasteiger partial charge is 2.00 e. The van der Waals surface area contributed by atoms with Crippen molar-refractivity contribution in [2.75, 3.05) is 13.2 Å². The first-order chi connectivity index (χ1) is 10.8. The van der Waals surface area contributed by atoms with Crippen molar-refractivity contribution in [1.82, 2.24) is 0 Å². The summed E-state index contributed by atoms with van der Waals surface area (Å²) >= 11 is 0. The van der Waals surface area contributed by atoms with Gasteiger partial charge in [-0.3, -0.25) is 0 Å². The van der Waals surface area contributed by atoms with E-state index in [4.69, 9.17) is 9.47 Å². The van der Waals surface area contributed by atoms with Crippen LogP contribution in [0.2, 0.25) is 0 Å². The molecule has 0 atom stereocenters. The van der Waals surface area contributed by atoms with Gasteiger partial charge in [0, 0.05) is 13.2 Å². The van der Waals surface area contributed by atoms with E-state index in [1.165, 1.54) is 77.0 Å². The number of ether oxygens (including phenoxy) is 2. The zero-order valence-electron chi connectivity index (χ0n) is 16.5. The van der Waals surface area contributed by atoms with Crippen LogP contribution in [0, 0.1) is 6.92 Å². The van der Waals surface area contributed by atoms with Crippen LogP contribution >= 0.6 is 0 Å². The maximum absolute atomic E-state index is 5.95. The van der Waals surface area contributed by atoms with Gasteiger partial charge >= 0.3 is 23.1 Å². The Labute approximate surface area is 179 Å². The van der Waals surface area contributed by atoms with Gasteiger partial charge in [0.2, 0.25) is 0 Å². The molecule has 0 amide bonds. The van der Waals surface area contributed by atoms with Gasteiger partial charge in [0.1, 0.15) is 0 Å². The van der Waals surface area contributed by atoms with Gasteiger partial charge < -0.3 is 33.4 Å². The Morgan fingerprint density at radius 2 is 1.12 bits per heavy atom. The number of hydrogen-bond acceptors (Lipinski definition) is 2. The molecule has 0 unspecified atom stereocenters. The van der Waals surface area contributed by atoms with Crippen molar-refractivity contribution in [2.24, 2.45) is 0 Å². The fourth-order valence-electron chi connectivity index (χ4n) is 2.54. The minimum Gasteiger partial charge on any atom is -1.00 e. The first-order valence-corrected chi connectivity index (χ1v) is 9.87. The maximum Gasteiger partial charge on any atom is 2.00 e. The van der Waals surface area contributed by atoms with Crippen molar-refractivity contribution in [2.45, 2.75) is 110 Å². The number of unbranched alkanes of at least 4 members (excludes halogenated alkanes) is 10. The summed E-state index contributed by atoms with van der Waals surface area (Å²) in [6, 6.07) is 0. The van der Waals surface area contributed by atoms with E-state index in [2.05, 4.69) is 20.8 Å². The second kappa shape index (κ2) is 26.4. The molecule has 0 N–H and O–H groups in total. The molecule has 24 heavy (non-hydrogen) atoms. The van der Waals surface area contributed by atoms with Crippen LogP contribution in [0.3, 0.4) is 0 Å². The zero-order valence-corrected chi connectivity index (χ0v) is 19.5. The van der Waals surface area contributed by atoms with Gasteiger partial charge in [-0.25, -0.2) is 0 Å². The summed E-state index contributed by atoms with van der Waals surface area (Å²) in [6.07, 6.45) is 17.3. The van der Waals surface area contributed by atoms with Crippen molar-refractivity contribution < 1.29 is 26.5 Å². The molecule has 142 valence electrons. The van der Waals surface area contributed by atoms with Crippen LogP contribution in [0.4, 0.5) is 0 Å². The third-order valence-electron chi connectivity index (χ3n) is 4.04. The van der Waals surface area contributed by atoms with E-state index in [-0.39, 0.29) is 46.3 Å². The smallest absolute Gasteiger partial charge is 1.00 e. The average molecular weight is 418 g/mol. The molecule has 0 radical (unpaired) electrons. The molecule has 0 aromatic heterocycles. The van der Waals surface area contributed by atoms with Crippen LogP contribution in [0.1, 0.15) is 104 Å². The van der Waals surface area contributed by atoms with E-state index in [0.29, 0.717) is 0 Å². The summed E-state index contributed by atoms with van der Waals surface area (Å²) in [5.74, 6) is 0. The molecule has 2 nitrogen and oxygen atoms in total. The number of halogens is 1. The second-order valence-electron chi connectivity index (χ2n) is 6.35. The van der Waals surface area contributed by atoms with Gasteiger partial charge in [0.15, 0.2) is 6.29 Å². The Balaban J connectivity index is -0.00000220. The van der Waals surface area contributed by atoms with Crippen LogP contribution in [-0.2, 0) is 9.47 Å². The van der Waals surface area contributed by atoms with Crippen molar-refractivity contribution in [3.05, 3.63) is 6.92 Å². The molecule has 0 saturated heterocycles. The van der Waals surface area contributed by atoms with Crippen LogP contribution in [0.5, 0.6) is 0 Å². The summed E-state index contributed by atoms with van der Waals surface area (Å²) in [6.45, 7) is 10.1. The molecule has 0 fully saturated rings. The van der Waals surface area contributed by atoms with Gasteiger partial charge in [0.05, 0.1) is 0 Å². The fourth-order valence-corrected chi connectivity index (χ4v) is 2.54. The third-order valence-corrected chi connectivity index (χ3v) is 4.04. The van der Waals surface area contributed by atoms with Gasteiger partial charge in [0.25, 0.3) is 0 Å². The molecule has 0 aromatic rings. The maximum atomic E-state index is 5.95. The summed E-state index contributed by atoms with van der Waals surface area (Å²) in [5.41, 5.74) is 0. The van der Waals surface area contributed by atoms with Crippen molar-refractivity contribution >= 4 is 23.1 Å². The SMILES string of the molecule is [Br-].[CH2-]CCCCC(OCCCCCCC)OCCCCCCC.[Mg+2]. The molecule has 0 spiro atoms. The van der Waals surface area contributed by atoms with E-state index in [1.807, 2.05) is 0 Å². The number of hydrogen-bond donors (Lipinski definition) is 0. The van der Waals surface area contributed by atoms with E-state index in [1.54, 1.807) is 0 Å². The second-order valence-corrected chi connectivity index (χ2v) is 6.35. The van der Waals surface area contributed by atoms with E-state index in [9.17, 15) is 0 Å². The molecule has 0 heterocycles. The molecular weight excluding hydrogens is 376 g/mol. The first kappa shape index (κ1) is 29.9. The quantitative estimate of drug-likeness (QED) is 0.147. The van der Waals surface area contributed by atoms with E-state index in [0.717, 1.165) is 26.1 Å². The van der Waals surface area contributed by atoms with Crippen LogP contribution < -0.4 is 17.0 Å². The minimum absolute atomic E-state index is 0. The predicted molar refractivity (Wildman–Crippen MR) is 103 cm³/mol. The Morgan fingerprint density at radius 1 is 0.667 bits per heavy atom.